The smallest absolute Gasteiger partial charge is 0.304 e. The first-order valence-corrected chi connectivity index (χ1v) is 10.4. The topological polar surface area (TPSA) is 96.6 Å². The van der Waals surface area contributed by atoms with Crippen LogP contribution < -0.4 is 5.32 Å². The summed E-state index contributed by atoms with van der Waals surface area (Å²) < 4.78 is 1.71. The van der Waals surface area contributed by atoms with Crippen LogP contribution >= 0.6 is 21.6 Å². The molecule has 0 aliphatic carbocycles. The van der Waals surface area contributed by atoms with Crippen molar-refractivity contribution in [3.63, 3.8) is 0 Å². The zero-order valence-electron chi connectivity index (χ0n) is 14.5. The van der Waals surface area contributed by atoms with Crippen LogP contribution in [0.1, 0.15) is 43.2 Å². The Morgan fingerprint density at radius 3 is 2.68 bits per heavy atom. The average molecular weight is 383 g/mol. The van der Waals surface area contributed by atoms with Gasteiger partial charge in [0.2, 0.25) is 0 Å². The van der Waals surface area contributed by atoms with Crippen molar-refractivity contribution in [1.29, 1.82) is 0 Å². The summed E-state index contributed by atoms with van der Waals surface area (Å²) in [7, 11) is 3.04. The molecule has 1 amide bonds. The minimum atomic E-state index is -0.795. The number of fused-ring (bicyclic) bond motifs is 1. The molecule has 0 saturated heterocycles. The van der Waals surface area contributed by atoms with Crippen LogP contribution in [0.15, 0.2) is 18.5 Å². The second kappa shape index (κ2) is 8.57. The molecular weight excluding hydrogens is 360 g/mol. The molecule has 0 aliphatic heterocycles. The highest BCUT2D eigenvalue weighted by atomic mass is 33.1. The van der Waals surface area contributed by atoms with Gasteiger partial charge in [0.15, 0.2) is 5.65 Å². The fourth-order valence-electron chi connectivity index (χ4n) is 2.17. The van der Waals surface area contributed by atoms with Crippen LogP contribution in [-0.2, 0) is 10.2 Å². The lowest BCUT2D eigenvalue weighted by atomic mass is 9.92. The van der Waals surface area contributed by atoms with E-state index in [9.17, 15) is 9.59 Å². The number of hydrogen-bond donors (Lipinski definition) is 2. The van der Waals surface area contributed by atoms with Crippen molar-refractivity contribution in [2.45, 2.75) is 32.6 Å². The number of hydrogen-bond acceptors (Lipinski definition) is 6. The highest BCUT2D eigenvalue weighted by Crippen LogP contribution is 2.23. The maximum absolute atomic E-state index is 12.4. The predicted molar refractivity (Wildman–Crippen MR) is 101 cm³/mol. The molecule has 0 aromatic carbocycles. The molecule has 136 valence electrons. The van der Waals surface area contributed by atoms with Crippen molar-refractivity contribution >= 4 is 39.1 Å². The second-order valence-corrected chi connectivity index (χ2v) is 9.12. The normalized spacial score (nSPS) is 11.6. The molecule has 2 rings (SSSR count). The zero-order chi connectivity index (χ0) is 18.4. The van der Waals surface area contributed by atoms with Crippen molar-refractivity contribution in [3.8, 4) is 0 Å². The van der Waals surface area contributed by atoms with Gasteiger partial charge in [-0.1, -0.05) is 42.4 Å². The minimum Gasteiger partial charge on any atom is -0.481 e. The van der Waals surface area contributed by atoms with Crippen LogP contribution in [0.25, 0.3) is 5.65 Å². The van der Waals surface area contributed by atoms with Crippen LogP contribution in [0, 0.1) is 0 Å². The summed E-state index contributed by atoms with van der Waals surface area (Å²) in [5, 5.41) is 15.7. The van der Waals surface area contributed by atoms with Crippen molar-refractivity contribution in [2.75, 3.05) is 18.1 Å². The number of amides is 1. The molecule has 0 radical (unpaired) electrons. The van der Waals surface area contributed by atoms with Crippen LogP contribution in [-0.4, -0.2) is 49.6 Å². The van der Waals surface area contributed by atoms with Gasteiger partial charge >= 0.3 is 5.97 Å². The number of aromatic nitrogens is 3. The summed E-state index contributed by atoms with van der Waals surface area (Å²) in [6.07, 6.45) is 3.39. The van der Waals surface area contributed by atoms with Crippen molar-refractivity contribution in [2.24, 2.45) is 0 Å². The van der Waals surface area contributed by atoms with Gasteiger partial charge in [0.05, 0.1) is 18.3 Å². The Kier molecular flexibility index (Phi) is 6.71. The quantitative estimate of drug-likeness (QED) is 0.535. The van der Waals surface area contributed by atoms with E-state index in [-0.39, 0.29) is 17.7 Å². The first kappa shape index (κ1) is 19.6. The van der Waals surface area contributed by atoms with E-state index in [2.05, 4.69) is 36.2 Å². The molecule has 0 saturated carbocycles. The van der Waals surface area contributed by atoms with E-state index in [1.54, 1.807) is 27.7 Å². The molecule has 0 bridgehead atoms. The van der Waals surface area contributed by atoms with Crippen LogP contribution in [0.4, 0.5) is 0 Å². The number of nitrogens with zero attached hydrogens (tertiary/aromatic N) is 3. The standard InChI is InChI=1S/C16H22N4O3S2/c1-16(2,3)12-4-6-17-14-11(10-19-20(12)14)15(23)18-7-9-25-24-8-5-13(21)22/h4,6,10H,5,7-9H2,1-3H3,(H,18,23)(H,21,22). The summed E-state index contributed by atoms with van der Waals surface area (Å²) in [5.41, 5.74) is 1.88. The molecule has 0 unspecified atom stereocenters. The lowest BCUT2D eigenvalue weighted by Crippen LogP contribution is -2.25. The predicted octanol–water partition coefficient (Wildman–Crippen LogP) is 2.61. The highest BCUT2D eigenvalue weighted by Gasteiger charge is 2.21. The van der Waals surface area contributed by atoms with E-state index in [1.807, 2.05) is 6.07 Å². The number of nitrogens with one attached hydrogen (secondary N) is 1. The highest BCUT2D eigenvalue weighted by molar-refractivity contribution is 8.76. The van der Waals surface area contributed by atoms with Gasteiger partial charge in [-0.2, -0.15) is 5.10 Å². The molecular formula is C16H22N4O3S2. The Balaban J connectivity index is 1.91. The first-order valence-electron chi connectivity index (χ1n) is 7.88. The maximum Gasteiger partial charge on any atom is 0.304 e. The van der Waals surface area contributed by atoms with E-state index in [1.165, 1.54) is 10.8 Å². The fraction of sp³-hybridized carbons (Fsp3) is 0.500. The van der Waals surface area contributed by atoms with Crippen LogP contribution in [0.2, 0.25) is 0 Å². The maximum atomic E-state index is 12.4. The Labute approximate surface area is 154 Å². The Morgan fingerprint density at radius 2 is 2.00 bits per heavy atom. The van der Waals surface area contributed by atoms with E-state index in [0.717, 1.165) is 5.69 Å². The molecule has 7 nitrogen and oxygen atoms in total. The first-order chi connectivity index (χ1) is 11.8. The fourth-order valence-corrected chi connectivity index (χ4v) is 4.05. The largest absolute Gasteiger partial charge is 0.481 e. The Hall–Kier alpha value is -1.74. The number of carboxylic acids is 1. The number of rotatable bonds is 8. The third-order valence-electron chi connectivity index (χ3n) is 3.37. The van der Waals surface area contributed by atoms with Crippen molar-refractivity contribution in [1.82, 2.24) is 19.9 Å². The molecule has 2 N–H and O–H groups in total. The lowest BCUT2D eigenvalue weighted by Gasteiger charge is -2.19. The van der Waals surface area contributed by atoms with Crippen molar-refractivity contribution in [3.05, 3.63) is 29.7 Å². The molecule has 0 aliphatic rings. The molecule has 2 aromatic rings. The van der Waals surface area contributed by atoms with Gasteiger partial charge in [0.25, 0.3) is 5.91 Å². The van der Waals surface area contributed by atoms with E-state index in [4.69, 9.17) is 5.11 Å². The Morgan fingerprint density at radius 1 is 1.28 bits per heavy atom. The minimum absolute atomic E-state index is 0.106. The average Bonchev–Trinajstić information content (AvgIpc) is 2.96. The zero-order valence-corrected chi connectivity index (χ0v) is 16.1. The van der Waals surface area contributed by atoms with E-state index >= 15 is 0 Å². The summed E-state index contributed by atoms with van der Waals surface area (Å²) in [5.74, 6) is 0.263. The third kappa shape index (κ3) is 5.37. The molecule has 2 heterocycles. The molecule has 0 spiro atoms. The number of carbonyl (C=O) groups excluding carboxylic acids is 1. The van der Waals surface area contributed by atoms with E-state index < -0.39 is 5.97 Å². The summed E-state index contributed by atoms with van der Waals surface area (Å²) >= 11 is 0. The summed E-state index contributed by atoms with van der Waals surface area (Å²) in [6, 6.07) is 1.91. The third-order valence-corrected chi connectivity index (χ3v) is 5.78. The Bertz CT molecular complexity index is 755. The molecule has 2 aromatic heterocycles. The molecule has 0 atom stereocenters. The van der Waals surface area contributed by atoms with Gasteiger partial charge in [-0.15, -0.1) is 0 Å². The van der Waals surface area contributed by atoms with Gasteiger partial charge in [-0.25, -0.2) is 9.50 Å². The monoisotopic (exact) mass is 382 g/mol. The second-order valence-electron chi connectivity index (χ2n) is 6.42. The van der Waals surface area contributed by atoms with Gasteiger partial charge < -0.3 is 10.4 Å². The lowest BCUT2D eigenvalue weighted by molar-refractivity contribution is -0.136. The van der Waals surface area contributed by atoms with Gasteiger partial charge in [0, 0.05) is 29.7 Å². The molecule has 0 fully saturated rings. The summed E-state index contributed by atoms with van der Waals surface area (Å²) in [6.45, 7) is 6.76. The SMILES string of the molecule is CC(C)(C)c1ccnc2c(C(=O)NCCSSCCC(=O)O)cnn12. The number of aliphatic carboxylic acids is 1. The van der Waals surface area contributed by atoms with Crippen molar-refractivity contribution < 1.29 is 14.7 Å². The molecule has 9 heteroatoms. The van der Waals surface area contributed by atoms with E-state index in [0.29, 0.717) is 29.3 Å². The number of carbonyl (C=O) groups is 2. The van der Waals surface area contributed by atoms with Gasteiger partial charge in [-0.05, 0) is 6.07 Å². The van der Waals surface area contributed by atoms with Gasteiger partial charge in [0.1, 0.15) is 5.56 Å². The number of carboxylic acid groups (broad SMARTS) is 1. The van der Waals surface area contributed by atoms with Crippen LogP contribution in [0.5, 0.6) is 0 Å². The molecule has 25 heavy (non-hydrogen) atoms. The van der Waals surface area contributed by atoms with Gasteiger partial charge in [-0.3, -0.25) is 9.59 Å². The summed E-state index contributed by atoms with van der Waals surface area (Å²) in [4.78, 5) is 27.1. The van der Waals surface area contributed by atoms with Crippen LogP contribution in [0.3, 0.4) is 0 Å².